The molecule has 0 aliphatic heterocycles. The molecule has 0 heterocycles. The van der Waals surface area contributed by atoms with Gasteiger partial charge in [0, 0.05) is 5.56 Å². The zero-order chi connectivity index (χ0) is 13.9. The molecule has 0 unspecified atom stereocenters. The fourth-order valence-corrected chi connectivity index (χ4v) is 1.37. The van der Waals surface area contributed by atoms with Crippen molar-refractivity contribution in [1.29, 1.82) is 0 Å². The van der Waals surface area contributed by atoms with Gasteiger partial charge in [0.2, 0.25) is 0 Å². The molecule has 3 nitrogen and oxygen atoms in total. The number of rotatable bonds is 4. The largest absolute Gasteiger partial charge is 0.507 e. The molecular weight excluding hydrogens is 369 g/mol. The highest BCUT2D eigenvalue weighted by molar-refractivity contribution is 14.1. The topological polar surface area (TPSA) is 49.3 Å². The van der Waals surface area contributed by atoms with Crippen LogP contribution in [0.5, 0.6) is 5.75 Å². The number of hydrogen-bond donors (Lipinski definition) is 2. The normalized spacial score (nSPS) is 11.7. The Kier molecular flexibility index (Phi) is 4.77. The van der Waals surface area contributed by atoms with Gasteiger partial charge in [0.25, 0.3) is 5.91 Å². The molecule has 0 atom stereocenters. The van der Waals surface area contributed by atoms with Gasteiger partial charge >= 0.3 is 12.3 Å². The first kappa shape index (κ1) is 15.0. The third-order valence-electron chi connectivity index (χ3n) is 2.01. The van der Waals surface area contributed by atoms with E-state index >= 15 is 0 Å². The van der Waals surface area contributed by atoms with Gasteiger partial charge in [0.1, 0.15) is 5.75 Å². The second-order valence-electron chi connectivity index (χ2n) is 3.41. The highest BCUT2D eigenvalue weighted by Crippen LogP contribution is 2.23. The van der Waals surface area contributed by atoms with Crippen molar-refractivity contribution >= 4 is 28.5 Å². The average Bonchev–Trinajstić information content (AvgIpc) is 2.29. The average molecular weight is 377 g/mol. The number of halogens is 5. The van der Waals surface area contributed by atoms with E-state index in [2.05, 4.69) is 0 Å². The Morgan fingerprint density at radius 2 is 2.06 bits per heavy atom. The fraction of sp³-hybridized carbons (Fsp3) is 0.300. The minimum Gasteiger partial charge on any atom is -0.507 e. The molecular formula is C10H8F4INO2. The lowest BCUT2D eigenvalue weighted by Gasteiger charge is -2.15. The van der Waals surface area contributed by atoms with Crippen LogP contribution in [0, 0.1) is 3.57 Å². The van der Waals surface area contributed by atoms with Gasteiger partial charge in [-0.2, -0.15) is 8.78 Å². The van der Waals surface area contributed by atoms with Gasteiger partial charge in [-0.25, -0.2) is 8.78 Å². The van der Waals surface area contributed by atoms with E-state index in [-0.39, 0.29) is 11.3 Å². The summed E-state index contributed by atoms with van der Waals surface area (Å²) < 4.78 is 49.3. The Morgan fingerprint density at radius 3 is 2.56 bits per heavy atom. The van der Waals surface area contributed by atoms with Crippen molar-refractivity contribution in [2.75, 3.05) is 6.54 Å². The summed E-state index contributed by atoms with van der Waals surface area (Å²) in [6.07, 6.45) is -3.84. The van der Waals surface area contributed by atoms with Crippen LogP contribution >= 0.6 is 22.6 Å². The van der Waals surface area contributed by atoms with E-state index in [1.54, 1.807) is 27.9 Å². The molecule has 0 aliphatic carbocycles. The number of carbonyl (C=O) groups excluding carboxylic acids is 1. The SMILES string of the molecule is O=C(NCC(F)(F)C(F)F)c1ccc(I)c(O)c1. The number of phenols is 1. The lowest BCUT2D eigenvalue weighted by atomic mass is 10.2. The number of aromatic hydroxyl groups is 1. The molecule has 18 heavy (non-hydrogen) atoms. The predicted octanol–water partition coefficient (Wildman–Crippen LogP) is 2.63. The second-order valence-corrected chi connectivity index (χ2v) is 4.57. The van der Waals surface area contributed by atoms with Crippen LogP contribution in [0.3, 0.4) is 0 Å². The molecule has 1 aromatic rings. The van der Waals surface area contributed by atoms with Crippen LogP contribution in [0.2, 0.25) is 0 Å². The Hall–Kier alpha value is -1.06. The quantitative estimate of drug-likeness (QED) is 0.626. The zero-order valence-corrected chi connectivity index (χ0v) is 10.9. The van der Waals surface area contributed by atoms with Gasteiger partial charge in [0.15, 0.2) is 0 Å². The number of hydrogen-bond acceptors (Lipinski definition) is 2. The maximum Gasteiger partial charge on any atom is 0.324 e. The highest BCUT2D eigenvalue weighted by Gasteiger charge is 2.40. The van der Waals surface area contributed by atoms with Crippen molar-refractivity contribution < 1.29 is 27.5 Å². The summed E-state index contributed by atoms with van der Waals surface area (Å²) in [4.78, 5) is 11.4. The summed E-state index contributed by atoms with van der Waals surface area (Å²) in [6, 6.07) is 3.75. The Balaban J connectivity index is 2.69. The number of alkyl halides is 4. The molecule has 0 aliphatic rings. The van der Waals surface area contributed by atoms with E-state index < -0.39 is 24.8 Å². The van der Waals surface area contributed by atoms with Crippen LogP contribution in [0.1, 0.15) is 10.4 Å². The monoisotopic (exact) mass is 377 g/mol. The van der Waals surface area contributed by atoms with Gasteiger partial charge in [-0.1, -0.05) is 0 Å². The minimum atomic E-state index is -4.28. The van der Waals surface area contributed by atoms with Gasteiger partial charge in [0.05, 0.1) is 10.1 Å². The first-order valence-corrected chi connectivity index (χ1v) is 5.74. The van der Waals surface area contributed by atoms with E-state index in [9.17, 15) is 27.5 Å². The molecule has 1 rings (SSSR count). The van der Waals surface area contributed by atoms with Gasteiger partial charge in [-0.05, 0) is 40.8 Å². The van der Waals surface area contributed by atoms with Gasteiger partial charge in [-0.3, -0.25) is 4.79 Å². The standard InChI is InChI=1S/C10H8F4INO2/c11-9(12)10(13,14)4-16-8(18)5-1-2-6(15)7(17)3-5/h1-3,9,17H,4H2,(H,16,18). The van der Waals surface area contributed by atoms with E-state index in [1.165, 1.54) is 12.1 Å². The predicted molar refractivity (Wildman–Crippen MR) is 64.1 cm³/mol. The summed E-state index contributed by atoms with van der Waals surface area (Å²) >= 11 is 1.81. The minimum absolute atomic E-state index is 0.0852. The zero-order valence-electron chi connectivity index (χ0n) is 8.76. The summed E-state index contributed by atoms with van der Waals surface area (Å²) in [5.41, 5.74) is -0.0852. The number of carbonyl (C=O) groups is 1. The molecule has 0 bridgehead atoms. The number of phenolic OH excluding ortho intramolecular Hbond substituents is 1. The summed E-state index contributed by atoms with van der Waals surface area (Å²) in [5.74, 6) is -5.42. The van der Waals surface area contributed by atoms with Gasteiger partial charge < -0.3 is 10.4 Å². The molecule has 2 N–H and O–H groups in total. The molecule has 0 saturated carbocycles. The third kappa shape index (κ3) is 3.72. The Morgan fingerprint density at radius 1 is 1.44 bits per heavy atom. The first-order chi connectivity index (χ1) is 8.24. The van der Waals surface area contributed by atoms with Crippen LogP contribution < -0.4 is 5.32 Å². The van der Waals surface area contributed by atoms with E-state index in [4.69, 9.17) is 0 Å². The smallest absolute Gasteiger partial charge is 0.324 e. The number of benzene rings is 1. The van der Waals surface area contributed by atoms with Crippen molar-refractivity contribution in [3.8, 4) is 5.75 Å². The lowest BCUT2D eigenvalue weighted by molar-refractivity contribution is -0.123. The lowest BCUT2D eigenvalue weighted by Crippen LogP contribution is -2.41. The van der Waals surface area contributed by atoms with E-state index in [0.29, 0.717) is 3.57 Å². The van der Waals surface area contributed by atoms with Gasteiger partial charge in [-0.15, -0.1) is 0 Å². The van der Waals surface area contributed by atoms with Crippen LogP contribution in [0.15, 0.2) is 18.2 Å². The third-order valence-corrected chi connectivity index (χ3v) is 2.92. The number of amides is 1. The van der Waals surface area contributed by atoms with Crippen LogP contribution in [-0.2, 0) is 0 Å². The molecule has 0 saturated heterocycles. The summed E-state index contributed by atoms with van der Waals surface area (Å²) in [6.45, 7) is -1.46. The molecule has 0 spiro atoms. The molecule has 100 valence electrons. The molecule has 0 aromatic heterocycles. The maximum atomic E-state index is 12.6. The summed E-state index contributed by atoms with van der Waals surface area (Å²) in [7, 11) is 0. The second kappa shape index (κ2) is 5.72. The van der Waals surface area contributed by atoms with E-state index in [1.807, 2.05) is 0 Å². The molecule has 0 fully saturated rings. The molecule has 1 aromatic carbocycles. The Bertz CT molecular complexity index is 454. The summed E-state index contributed by atoms with van der Waals surface area (Å²) in [5, 5.41) is 11.0. The fourth-order valence-electron chi connectivity index (χ4n) is 1.03. The van der Waals surface area contributed by atoms with Crippen LogP contribution in [0.4, 0.5) is 17.6 Å². The van der Waals surface area contributed by atoms with Crippen molar-refractivity contribution in [2.24, 2.45) is 0 Å². The van der Waals surface area contributed by atoms with Crippen LogP contribution in [0.25, 0.3) is 0 Å². The molecule has 0 radical (unpaired) electrons. The van der Waals surface area contributed by atoms with E-state index in [0.717, 1.165) is 6.07 Å². The first-order valence-electron chi connectivity index (χ1n) is 4.66. The van der Waals surface area contributed by atoms with Crippen LogP contribution in [-0.4, -0.2) is 29.9 Å². The molecule has 8 heteroatoms. The number of nitrogens with one attached hydrogen (secondary N) is 1. The van der Waals surface area contributed by atoms with Crippen molar-refractivity contribution in [3.05, 3.63) is 27.3 Å². The molecule has 1 amide bonds. The van der Waals surface area contributed by atoms with Crippen molar-refractivity contribution in [3.63, 3.8) is 0 Å². The Labute approximate surface area is 113 Å². The van der Waals surface area contributed by atoms with Crippen molar-refractivity contribution in [2.45, 2.75) is 12.3 Å². The van der Waals surface area contributed by atoms with Crippen molar-refractivity contribution in [1.82, 2.24) is 5.32 Å². The highest BCUT2D eigenvalue weighted by atomic mass is 127. The maximum absolute atomic E-state index is 12.6.